The number of rotatable bonds is 12. The summed E-state index contributed by atoms with van der Waals surface area (Å²) in [5.41, 5.74) is 1.64. The number of aryl methyl sites for hydroxylation is 1. The number of carbonyl (C=O) groups excluding carboxylic acids is 2. The van der Waals surface area contributed by atoms with E-state index in [2.05, 4.69) is 5.32 Å². The summed E-state index contributed by atoms with van der Waals surface area (Å²) in [6.07, 6.45) is 0.294. The molecule has 3 rings (SSSR count). The van der Waals surface area contributed by atoms with Crippen LogP contribution >= 0.6 is 23.2 Å². The van der Waals surface area contributed by atoms with E-state index in [0.29, 0.717) is 28.6 Å². The number of ether oxygens (including phenoxy) is 1. The van der Waals surface area contributed by atoms with Crippen LogP contribution < -0.4 is 14.4 Å². The molecule has 0 aromatic heterocycles. The number of hydrogen-bond donors (Lipinski definition) is 1. The van der Waals surface area contributed by atoms with Crippen LogP contribution in [0, 0.1) is 6.92 Å². The number of anilines is 1. The van der Waals surface area contributed by atoms with Crippen LogP contribution in [0.2, 0.25) is 10.0 Å². The Morgan fingerprint density at radius 2 is 1.68 bits per heavy atom. The van der Waals surface area contributed by atoms with Crippen LogP contribution in [0.3, 0.4) is 0 Å². The molecule has 0 radical (unpaired) electrons. The van der Waals surface area contributed by atoms with E-state index in [1.165, 1.54) is 24.1 Å². The van der Waals surface area contributed by atoms with Gasteiger partial charge in [-0.2, -0.15) is 0 Å². The van der Waals surface area contributed by atoms with Crippen LogP contribution in [-0.2, 0) is 26.2 Å². The smallest absolute Gasteiger partial charge is 0.264 e. The third-order valence-electron chi connectivity index (χ3n) is 6.33. The molecule has 1 atom stereocenters. The molecule has 0 saturated carbocycles. The first-order chi connectivity index (χ1) is 19.0. The van der Waals surface area contributed by atoms with Gasteiger partial charge in [0, 0.05) is 23.1 Å². The van der Waals surface area contributed by atoms with Gasteiger partial charge in [-0.25, -0.2) is 8.42 Å². The molecule has 3 aromatic carbocycles. The van der Waals surface area contributed by atoms with Gasteiger partial charge in [-0.15, -0.1) is 0 Å². The third kappa shape index (κ3) is 7.27. The maximum absolute atomic E-state index is 14.1. The molecule has 0 spiro atoms. The lowest BCUT2D eigenvalue weighted by molar-refractivity contribution is -0.140. The number of nitrogens with one attached hydrogen (secondary N) is 1. The molecule has 2 amide bonds. The van der Waals surface area contributed by atoms with E-state index in [4.69, 9.17) is 27.9 Å². The van der Waals surface area contributed by atoms with Crippen molar-refractivity contribution in [3.8, 4) is 5.75 Å². The van der Waals surface area contributed by atoms with E-state index in [1.807, 2.05) is 6.92 Å². The number of methoxy groups -OCH3 is 1. The molecule has 0 heterocycles. The zero-order valence-electron chi connectivity index (χ0n) is 22.9. The first kappa shape index (κ1) is 31.3. The molecule has 0 aliphatic heterocycles. The molecule has 1 N–H and O–H groups in total. The second-order valence-corrected chi connectivity index (χ2v) is 11.8. The van der Waals surface area contributed by atoms with Gasteiger partial charge in [-0.3, -0.25) is 13.9 Å². The van der Waals surface area contributed by atoms with Crippen LogP contribution in [-0.4, -0.2) is 51.4 Å². The highest BCUT2D eigenvalue weighted by atomic mass is 35.5. The Balaban J connectivity index is 2.12. The maximum atomic E-state index is 14.1. The van der Waals surface area contributed by atoms with E-state index in [9.17, 15) is 18.0 Å². The largest absolute Gasteiger partial charge is 0.495 e. The topological polar surface area (TPSA) is 96.0 Å². The number of hydrogen-bond acceptors (Lipinski definition) is 5. The zero-order chi connectivity index (χ0) is 29.4. The standard InChI is InChI=1S/C29H33Cl2N3O5S/c1-5-25(29(36)32-6-2)33(18-21-13-14-22(30)17-24(21)31)28(35)19-34(26-9-7-8-10-27(26)39-4)40(37,38)23-15-11-20(3)12-16-23/h7-17,25H,5-6,18-19H2,1-4H3,(H,32,36). The molecule has 0 aliphatic carbocycles. The Labute approximate surface area is 245 Å². The SMILES string of the molecule is CCNC(=O)C(CC)N(Cc1ccc(Cl)cc1Cl)C(=O)CN(c1ccccc1OC)S(=O)(=O)c1ccc(C)cc1. The molecular weight excluding hydrogens is 573 g/mol. The average molecular weight is 607 g/mol. The number of sulfonamides is 1. The van der Waals surface area contributed by atoms with Crippen molar-refractivity contribution < 1.29 is 22.7 Å². The molecule has 0 aliphatic rings. The molecule has 0 saturated heterocycles. The molecule has 1 unspecified atom stereocenters. The lowest BCUT2D eigenvalue weighted by atomic mass is 10.1. The van der Waals surface area contributed by atoms with Crippen LogP contribution in [0.5, 0.6) is 5.75 Å². The van der Waals surface area contributed by atoms with E-state index in [1.54, 1.807) is 68.4 Å². The van der Waals surface area contributed by atoms with Gasteiger partial charge < -0.3 is 15.0 Å². The fraction of sp³-hybridized carbons (Fsp3) is 0.310. The average Bonchev–Trinajstić information content (AvgIpc) is 2.93. The summed E-state index contributed by atoms with van der Waals surface area (Å²) < 4.78 is 34.4. The molecule has 11 heteroatoms. The molecular formula is C29H33Cl2N3O5S. The zero-order valence-corrected chi connectivity index (χ0v) is 25.2. The van der Waals surface area contributed by atoms with Gasteiger partial charge in [0.25, 0.3) is 10.0 Å². The monoisotopic (exact) mass is 605 g/mol. The Morgan fingerprint density at radius 3 is 2.27 bits per heavy atom. The number of halogens is 2. The number of amides is 2. The lowest BCUT2D eigenvalue weighted by Crippen LogP contribution is -2.52. The number of likely N-dealkylation sites (N-methyl/N-ethyl adjacent to an activating group) is 1. The number of carbonyl (C=O) groups is 2. The minimum absolute atomic E-state index is 0.0138. The quantitative estimate of drug-likeness (QED) is 0.296. The van der Waals surface area contributed by atoms with Crippen LogP contribution in [0.1, 0.15) is 31.4 Å². The van der Waals surface area contributed by atoms with Crippen molar-refractivity contribution >= 4 is 50.7 Å². The Hall–Kier alpha value is -3.27. The van der Waals surface area contributed by atoms with Crippen molar-refractivity contribution in [3.05, 3.63) is 87.9 Å². The third-order valence-corrected chi connectivity index (χ3v) is 8.70. The highest BCUT2D eigenvalue weighted by molar-refractivity contribution is 7.92. The summed E-state index contributed by atoms with van der Waals surface area (Å²) >= 11 is 12.5. The van der Waals surface area contributed by atoms with Gasteiger partial charge in [0.15, 0.2) is 0 Å². The van der Waals surface area contributed by atoms with Gasteiger partial charge in [0.2, 0.25) is 11.8 Å². The van der Waals surface area contributed by atoms with Crippen molar-refractivity contribution in [3.63, 3.8) is 0 Å². The molecule has 0 fully saturated rings. The lowest BCUT2D eigenvalue weighted by Gasteiger charge is -2.33. The Bertz CT molecular complexity index is 1450. The van der Waals surface area contributed by atoms with Gasteiger partial charge in [-0.05, 0) is 62.2 Å². The van der Waals surface area contributed by atoms with Crippen LogP contribution in [0.25, 0.3) is 0 Å². The fourth-order valence-electron chi connectivity index (χ4n) is 4.23. The molecule has 8 nitrogen and oxygen atoms in total. The van der Waals surface area contributed by atoms with E-state index < -0.39 is 28.5 Å². The summed E-state index contributed by atoms with van der Waals surface area (Å²) in [7, 11) is -2.79. The number of para-hydroxylation sites is 2. The normalized spacial score (nSPS) is 11.9. The first-order valence-corrected chi connectivity index (χ1v) is 15.0. The number of benzene rings is 3. The minimum atomic E-state index is -4.22. The first-order valence-electron chi connectivity index (χ1n) is 12.8. The van der Waals surface area contributed by atoms with Crippen LogP contribution in [0.15, 0.2) is 71.6 Å². The van der Waals surface area contributed by atoms with Crippen molar-refractivity contribution in [2.24, 2.45) is 0 Å². The summed E-state index contributed by atoms with van der Waals surface area (Å²) in [4.78, 5) is 28.5. The molecule has 214 valence electrons. The van der Waals surface area contributed by atoms with Gasteiger partial charge >= 0.3 is 0 Å². The predicted octanol–water partition coefficient (Wildman–Crippen LogP) is 5.45. The molecule has 3 aromatic rings. The van der Waals surface area contributed by atoms with Crippen molar-refractivity contribution in [1.82, 2.24) is 10.2 Å². The second-order valence-electron chi connectivity index (χ2n) is 9.07. The van der Waals surface area contributed by atoms with E-state index in [0.717, 1.165) is 9.87 Å². The van der Waals surface area contributed by atoms with Crippen molar-refractivity contribution in [1.29, 1.82) is 0 Å². The Morgan fingerprint density at radius 1 is 1.00 bits per heavy atom. The van der Waals surface area contributed by atoms with E-state index >= 15 is 0 Å². The predicted molar refractivity (Wildman–Crippen MR) is 158 cm³/mol. The van der Waals surface area contributed by atoms with Gasteiger partial charge in [-0.1, -0.05) is 66.0 Å². The summed E-state index contributed by atoms with van der Waals surface area (Å²) in [5.74, 6) is -0.673. The molecule has 40 heavy (non-hydrogen) atoms. The fourth-order valence-corrected chi connectivity index (χ4v) is 6.12. The van der Waals surface area contributed by atoms with Crippen LogP contribution in [0.4, 0.5) is 5.69 Å². The van der Waals surface area contributed by atoms with Gasteiger partial charge in [0.05, 0.1) is 17.7 Å². The summed E-state index contributed by atoms with van der Waals surface area (Å²) in [5, 5.41) is 3.52. The van der Waals surface area contributed by atoms with Crippen molar-refractivity contribution in [2.75, 3.05) is 24.5 Å². The van der Waals surface area contributed by atoms with Gasteiger partial charge in [0.1, 0.15) is 18.3 Å². The second kappa shape index (κ2) is 13.9. The summed E-state index contributed by atoms with van der Waals surface area (Å²) in [6.45, 7) is 5.17. The van der Waals surface area contributed by atoms with E-state index in [-0.39, 0.29) is 28.8 Å². The highest BCUT2D eigenvalue weighted by Crippen LogP contribution is 2.33. The Kier molecular flexibility index (Phi) is 10.8. The molecule has 0 bridgehead atoms. The number of nitrogens with zero attached hydrogens (tertiary/aromatic N) is 2. The van der Waals surface area contributed by atoms with Crippen molar-refractivity contribution in [2.45, 2.75) is 44.7 Å². The maximum Gasteiger partial charge on any atom is 0.264 e. The minimum Gasteiger partial charge on any atom is -0.495 e. The summed E-state index contributed by atoms with van der Waals surface area (Å²) in [6, 6.07) is 16.9. The highest BCUT2D eigenvalue weighted by Gasteiger charge is 2.34.